The molecule has 2 amide bonds. The number of amides is 2. The van der Waals surface area contributed by atoms with Gasteiger partial charge in [0.05, 0.1) is 24.5 Å². The second-order valence-electron chi connectivity index (χ2n) is 9.78. The fraction of sp³-hybridized carbons (Fsp3) is 0.458. The van der Waals surface area contributed by atoms with Gasteiger partial charge in [-0.2, -0.15) is 13.2 Å². The number of likely N-dealkylation sites (tertiary alicyclic amines) is 1. The van der Waals surface area contributed by atoms with Crippen molar-refractivity contribution >= 4 is 34.4 Å². The van der Waals surface area contributed by atoms with Gasteiger partial charge in [-0.25, -0.2) is 18.7 Å². The number of aromatic nitrogens is 2. The fourth-order valence-corrected chi connectivity index (χ4v) is 6.52. The number of nitrogens with two attached hydrogens (primary N) is 1. The first-order valence-corrected chi connectivity index (χ1v) is 12.7. The molecule has 1 aromatic carbocycles. The molecule has 4 atom stereocenters. The van der Waals surface area contributed by atoms with E-state index in [0.29, 0.717) is 13.0 Å². The number of benzene rings is 1. The summed E-state index contributed by atoms with van der Waals surface area (Å²) >= 11 is 1.11. The van der Waals surface area contributed by atoms with E-state index in [2.05, 4.69) is 25.0 Å². The number of ether oxygens (including phenoxy) is 1. The van der Waals surface area contributed by atoms with Crippen LogP contribution in [0.15, 0.2) is 35.6 Å². The molecule has 208 valence electrons. The second kappa shape index (κ2) is 9.61. The Morgan fingerprint density at radius 1 is 1.28 bits per heavy atom. The fourth-order valence-electron chi connectivity index (χ4n) is 5.07. The topological polar surface area (TPSA) is 123 Å². The molecule has 0 spiro atoms. The highest BCUT2D eigenvalue weighted by Crippen LogP contribution is 2.66. The number of rotatable bonds is 6. The van der Waals surface area contributed by atoms with Crippen LogP contribution in [0.3, 0.4) is 0 Å². The predicted molar refractivity (Wildman–Crippen MR) is 131 cm³/mol. The lowest BCUT2D eigenvalue weighted by Crippen LogP contribution is -2.45. The van der Waals surface area contributed by atoms with Crippen LogP contribution in [0.5, 0.6) is 5.88 Å². The smallest absolute Gasteiger partial charge is 0.422 e. The third-order valence-corrected chi connectivity index (χ3v) is 8.30. The lowest BCUT2D eigenvalue weighted by atomic mass is 9.85. The van der Waals surface area contributed by atoms with Gasteiger partial charge in [0.2, 0.25) is 11.8 Å². The van der Waals surface area contributed by atoms with E-state index in [-0.39, 0.29) is 41.0 Å². The second-order valence-corrected chi connectivity index (χ2v) is 11.1. The zero-order valence-corrected chi connectivity index (χ0v) is 21.3. The van der Waals surface area contributed by atoms with Crippen molar-refractivity contribution in [3.05, 3.63) is 47.7 Å². The summed E-state index contributed by atoms with van der Waals surface area (Å²) in [5, 5.41) is 2.65. The van der Waals surface area contributed by atoms with Crippen molar-refractivity contribution < 1.29 is 36.3 Å². The van der Waals surface area contributed by atoms with E-state index in [9.17, 15) is 27.2 Å². The Morgan fingerprint density at radius 2 is 2.05 bits per heavy atom. The molecular formula is C24H23F5N6O3S. The van der Waals surface area contributed by atoms with E-state index in [1.807, 2.05) is 0 Å². The van der Waals surface area contributed by atoms with E-state index in [0.717, 1.165) is 30.2 Å². The molecule has 5 rings (SSSR count). The molecule has 1 saturated heterocycles. The van der Waals surface area contributed by atoms with Gasteiger partial charge in [-0.05, 0) is 38.0 Å². The van der Waals surface area contributed by atoms with Crippen LogP contribution in [-0.2, 0) is 10.3 Å². The number of hydrogen-bond acceptors (Lipinski definition) is 8. The molecule has 0 radical (unpaired) electrons. The van der Waals surface area contributed by atoms with E-state index >= 15 is 4.39 Å². The summed E-state index contributed by atoms with van der Waals surface area (Å²) in [5.74, 6) is -2.44. The lowest BCUT2D eigenvalue weighted by Gasteiger charge is -2.35. The molecule has 0 bridgehead atoms. The zero-order valence-electron chi connectivity index (χ0n) is 20.5. The molecule has 0 unspecified atom stereocenters. The number of halogens is 5. The maximum absolute atomic E-state index is 15.2. The van der Waals surface area contributed by atoms with Gasteiger partial charge in [0.25, 0.3) is 5.91 Å². The first-order chi connectivity index (χ1) is 18.3. The Balaban J connectivity index is 1.34. The summed E-state index contributed by atoms with van der Waals surface area (Å²) in [6.45, 7) is 0.418. The van der Waals surface area contributed by atoms with Gasteiger partial charge in [0.1, 0.15) is 22.4 Å². The van der Waals surface area contributed by atoms with Crippen LogP contribution in [0.25, 0.3) is 0 Å². The Morgan fingerprint density at radius 3 is 2.69 bits per heavy atom. The monoisotopic (exact) mass is 570 g/mol. The summed E-state index contributed by atoms with van der Waals surface area (Å²) in [6.07, 6.45) is -3.18. The van der Waals surface area contributed by atoms with Gasteiger partial charge >= 0.3 is 6.18 Å². The van der Waals surface area contributed by atoms with Crippen molar-refractivity contribution in [3.63, 3.8) is 0 Å². The molecule has 3 N–H and O–H groups in total. The molecule has 2 aromatic rings. The Kier molecular flexibility index (Phi) is 6.67. The highest BCUT2D eigenvalue weighted by atomic mass is 32.2. The van der Waals surface area contributed by atoms with E-state index < -0.39 is 52.8 Å². The number of anilines is 1. The summed E-state index contributed by atoms with van der Waals surface area (Å²) in [5.41, 5.74) is 4.94. The molecule has 1 saturated carbocycles. The highest BCUT2D eigenvalue weighted by Gasteiger charge is 2.71. The summed E-state index contributed by atoms with van der Waals surface area (Å²) < 4.78 is 69.3. The SMILES string of the molecule is C[C@@]1(c2cc(NC(=O)c3cnc(OCC(F)(F)F)cn3)ccc2F)N=C(N)S[C@@]2(C(=O)N3CC[C@@H](F)C3)C[C@@H]12. The maximum Gasteiger partial charge on any atom is 0.422 e. The van der Waals surface area contributed by atoms with Crippen molar-refractivity contribution in [1.29, 1.82) is 0 Å². The van der Waals surface area contributed by atoms with Crippen LogP contribution in [-0.4, -0.2) is 68.6 Å². The molecule has 3 aliphatic rings. The molecule has 9 nitrogen and oxygen atoms in total. The number of nitrogens with zero attached hydrogens (tertiary/aromatic N) is 4. The van der Waals surface area contributed by atoms with Crippen molar-refractivity contribution in [2.75, 3.05) is 25.0 Å². The molecule has 39 heavy (non-hydrogen) atoms. The van der Waals surface area contributed by atoms with Crippen molar-refractivity contribution in [3.8, 4) is 5.88 Å². The van der Waals surface area contributed by atoms with Gasteiger partial charge in [-0.1, -0.05) is 11.8 Å². The zero-order chi connectivity index (χ0) is 28.2. The molecule has 2 fully saturated rings. The van der Waals surface area contributed by atoms with Crippen molar-refractivity contribution in [2.24, 2.45) is 16.6 Å². The van der Waals surface area contributed by atoms with Crippen LogP contribution in [0.4, 0.5) is 27.6 Å². The molecular weight excluding hydrogens is 547 g/mol. The normalized spacial score (nSPS) is 27.9. The van der Waals surface area contributed by atoms with Crippen LogP contribution in [0.1, 0.15) is 35.8 Å². The van der Waals surface area contributed by atoms with Gasteiger partial charge in [0.15, 0.2) is 11.8 Å². The van der Waals surface area contributed by atoms with Crippen molar-refractivity contribution in [1.82, 2.24) is 14.9 Å². The first kappa shape index (κ1) is 27.1. The number of thioether (sulfide) groups is 1. The van der Waals surface area contributed by atoms with E-state index in [1.165, 1.54) is 17.0 Å². The number of amidine groups is 1. The largest absolute Gasteiger partial charge is 0.467 e. The number of nitrogens with one attached hydrogen (secondary N) is 1. The lowest BCUT2D eigenvalue weighted by molar-refractivity contribution is -0.154. The maximum atomic E-state index is 15.2. The quantitative estimate of drug-likeness (QED) is 0.511. The van der Waals surface area contributed by atoms with E-state index in [1.54, 1.807) is 6.92 Å². The minimum Gasteiger partial charge on any atom is -0.467 e. The summed E-state index contributed by atoms with van der Waals surface area (Å²) in [7, 11) is 0. The van der Waals surface area contributed by atoms with Gasteiger partial charge in [0, 0.05) is 23.7 Å². The van der Waals surface area contributed by atoms with Crippen LogP contribution in [0, 0.1) is 11.7 Å². The molecule has 15 heteroatoms. The van der Waals surface area contributed by atoms with E-state index in [4.69, 9.17) is 5.73 Å². The van der Waals surface area contributed by atoms with Gasteiger partial charge < -0.3 is 20.7 Å². The summed E-state index contributed by atoms with van der Waals surface area (Å²) in [4.78, 5) is 39.4. The first-order valence-electron chi connectivity index (χ1n) is 11.9. The number of alkyl halides is 4. The van der Waals surface area contributed by atoms with Gasteiger partial charge in [-0.3, -0.25) is 14.6 Å². The minimum atomic E-state index is -4.56. The van der Waals surface area contributed by atoms with Crippen LogP contribution in [0.2, 0.25) is 0 Å². The minimum absolute atomic E-state index is 0.00975. The number of hydrogen-bond donors (Lipinski definition) is 2. The Labute approximate surface area is 223 Å². The summed E-state index contributed by atoms with van der Waals surface area (Å²) in [6, 6.07) is 3.84. The highest BCUT2D eigenvalue weighted by molar-refractivity contribution is 8.15. The average Bonchev–Trinajstić information content (AvgIpc) is 3.48. The third-order valence-electron chi connectivity index (χ3n) is 7.01. The average molecular weight is 571 g/mol. The predicted octanol–water partition coefficient (Wildman–Crippen LogP) is 3.41. The Hall–Kier alpha value is -3.49. The van der Waals surface area contributed by atoms with Crippen molar-refractivity contribution in [2.45, 2.75) is 42.4 Å². The number of carbonyl (C=O) groups excluding carboxylic acids is 2. The van der Waals surface area contributed by atoms with Crippen LogP contribution >= 0.6 is 11.8 Å². The number of aliphatic imine (C=N–C) groups is 1. The molecule has 1 aliphatic carbocycles. The van der Waals surface area contributed by atoms with Gasteiger partial charge in [-0.15, -0.1) is 0 Å². The van der Waals surface area contributed by atoms with Crippen LogP contribution < -0.4 is 15.8 Å². The number of fused-ring (bicyclic) bond motifs is 1. The number of carbonyl (C=O) groups is 2. The third kappa shape index (κ3) is 5.23. The Bertz CT molecular complexity index is 1340. The standard InChI is InChI=1S/C24H23F5N6O3S/c1-22(17-7-23(17,39-21(30)34-22)20(37)35-5-4-12(25)10-35)14-6-13(2-3-15(14)26)33-19(36)16-8-32-18(9-31-16)38-11-24(27,28)29/h2-3,6,8-9,12,17H,4-5,7,10-11H2,1H3,(H2,30,34)(H,33,36)/t12-,17+,22+,23+/m1/s1. The molecule has 2 aliphatic heterocycles. The molecule has 1 aromatic heterocycles. The molecule has 3 heterocycles.